The van der Waals surface area contributed by atoms with Crippen LogP contribution in [-0.2, 0) is 13.0 Å². The Morgan fingerprint density at radius 2 is 2.20 bits per heavy atom. The molecular formula is C21H18N4O5. The number of amides is 1. The predicted octanol–water partition coefficient (Wildman–Crippen LogP) is 1.84. The summed E-state index contributed by atoms with van der Waals surface area (Å²) in [5, 5.41) is 4.52. The van der Waals surface area contributed by atoms with E-state index in [0.717, 1.165) is 18.7 Å². The number of hydrogen-bond acceptors (Lipinski definition) is 7. The number of nitrogens with zero attached hydrogens (tertiary/aromatic N) is 3. The van der Waals surface area contributed by atoms with Gasteiger partial charge in [-0.1, -0.05) is 0 Å². The number of carbonyl (C=O) groups is 1. The molecule has 0 bridgehead atoms. The maximum absolute atomic E-state index is 12.5. The molecule has 0 unspecified atom stereocenters. The van der Waals surface area contributed by atoms with Gasteiger partial charge in [0.15, 0.2) is 11.5 Å². The summed E-state index contributed by atoms with van der Waals surface area (Å²) in [5.41, 5.74) is 4.00. The number of aromatic nitrogens is 2. The van der Waals surface area contributed by atoms with Gasteiger partial charge in [-0.25, -0.2) is 10.4 Å². The summed E-state index contributed by atoms with van der Waals surface area (Å²) in [6.45, 7) is 0.824. The van der Waals surface area contributed by atoms with Gasteiger partial charge in [-0.3, -0.25) is 14.2 Å². The zero-order valence-electron chi connectivity index (χ0n) is 16.2. The zero-order chi connectivity index (χ0) is 20.7. The smallest absolute Gasteiger partial charge is 0.271 e. The Morgan fingerprint density at radius 1 is 1.30 bits per heavy atom. The number of carbonyl (C=O) groups excluding carboxylic acids is 1. The third-order valence-electron chi connectivity index (χ3n) is 5.14. The molecular weight excluding hydrogens is 388 g/mol. The van der Waals surface area contributed by atoms with Crippen molar-refractivity contribution in [3.8, 4) is 17.2 Å². The maximum atomic E-state index is 12.5. The quantitative estimate of drug-likeness (QED) is 0.524. The molecule has 2 aromatic carbocycles. The van der Waals surface area contributed by atoms with E-state index < -0.39 is 5.91 Å². The number of benzene rings is 2. The Kier molecular flexibility index (Phi) is 4.35. The fraction of sp³-hybridized carbons (Fsp3) is 0.238. The van der Waals surface area contributed by atoms with Crippen LogP contribution in [-0.4, -0.2) is 35.6 Å². The number of methoxy groups -OCH3 is 1. The molecule has 0 saturated heterocycles. The van der Waals surface area contributed by atoms with Crippen LogP contribution >= 0.6 is 0 Å². The Morgan fingerprint density at radius 3 is 3.07 bits per heavy atom. The molecule has 152 valence electrons. The SMILES string of the molecule is COc1cc(/C=N\NC(=O)c2ccc3c(=O)n4c(nc3c2)CCC4)cc2c1OCO2. The Labute approximate surface area is 170 Å². The number of hydrogen-bond donors (Lipinski definition) is 1. The Bertz CT molecular complexity index is 1260. The van der Waals surface area contributed by atoms with Crippen LogP contribution < -0.4 is 25.2 Å². The first kappa shape index (κ1) is 18.2. The summed E-state index contributed by atoms with van der Waals surface area (Å²) in [7, 11) is 1.54. The van der Waals surface area contributed by atoms with Gasteiger partial charge >= 0.3 is 0 Å². The molecule has 3 aromatic rings. The molecule has 0 saturated carbocycles. The predicted molar refractivity (Wildman–Crippen MR) is 109 cm³/mol. The summed E-state index contributed by atoms with van der Waals surface area (Å²) in [6.07, 6.45) is 3.16. The van der Waals surface area contributed by atoms with Crippen LogP contribution in [0.25, 0.3) is 10.9 Å². The van der Waals surface area contributed by atoms with Gasteiger partial charge < -0.3 is 14.2 Å². The molecule has 0 radical (unpaired) electrons. The molecule has 2 aliphatic heterocycles. The second kappa shape index (κ2) is 7.18. The number of ether oxygens (including phenoxy) is 3. The van der Waals surface area contributed by atoms with E-state index in [4.69, 9.17) is 14.2 Å². The first-order chi connectivity index (χ1) is 14.6. The first-order valence-corrected chi connectivity index (χ1v) is 9.48. The van der Waals surface area contributed by atoms with Crippen LogP contribution in [0.3, 0.4) is 0 Å². The van der Waals surface area contributed by atoms with Gasteiger partial charge in [-0.15, -0.1) is 0 Å². The summed E-state index contributed by atoms with van der Waals surface area (Å²) in [5.74, 6) is 1.99. The summed E-state index contributed by atoms with van der Waals surface area (Å²) < 4.78 is 17.7. The number of aryl methyl sites for hydroxylation is 1. The van der Waals surface area contributed by atoms with E-state index in [9.17, 15) is 9.59 Å². The molecule has 0 fully saturated rings. The highest BCUT2D eigenvalue weighted by atomic mass is 16.7. The molecule has 3 heterocycles. The zero-order valence-corrected chi connectivity index (χ0v) is 16.2. The van der Waals surface area contributed by atoms with Crippen molar-refractivity contribution in [3.63, 3.8) is 0 Å². The van der Waals surface area contributed by atoms with Crippen LogP contribution in [0.2, 0.25) is 0 Å². The lowest BCUT2D eigenvalue weighted by Gasteiger charge is -2.07. The molecule has 30 heavy (non-hydrogen) atoms. The van der Waals surface area contributed by atoms with Gasteiger partial charge in [0.25, 0.3) is 11.5 Å². The molecule has 5 rings (SSSR count). The van der Waals surface area contributed by atoms with E-state index in [2.05, 4.69) is 15.5 Å². The number of nitrogens with one attached hydrogen (secondary N) is 1. The van der Waals surface area contributed by atoms with Crippen LogP contribution in [0.4, 0.5) is 0 Å². The highest BCUT2D eigenvalue weighted by Crippen LogP contribution is 2.41. The molecule has 1 N–H and O–H groups in total. The topological polar surface area (TPSA) is 104 Å². The molecule has 0 spiro atoms. The van der Waals surface area contributed by atoms with Crippen molar-refractivity contribution >= 4 is 23.0 Å². The lowest BCUT2D eigenvalue weighted by molar-refractivity contribution is 0.0955. The van der Waals surface area contributed by atoms with E-state index in [1.807, 2.05) is 0 Å². The molecule has 0 aliphatic carbocycles. The second-order valence-electron chi connectivity index (χ2n) is 6.98. The Balaban J connectivity index is 1.36. The van der Waals surface area contributed by atoms with Gasteiger partial charge in [0, 0.05) is 24.1 Å². The average Bonchev–Trinajstić information content (AvgIpc) is 3.42. The summed E-state index contributed by atoms with van der Waals surface area (Å²) in [6, 6.07) is 8.33. The van der Waals surface area contributed by atoms with Crippen molar-refractivity contribution in [2.45, 2.75) is 19.4 Å². The van der Waals surface area contributed by atoms with Crippen molar-refractivity contribution in [2.75, 3.05) is 13.9 Å². The number of fused-ring (bicyclic) bond motifs is 3. The fourth-order valence-electron chi connectivity index (χ4n) is 3.68. The van der Waals surface area contributed by atoms with E-state index in [1.54, 1.807) is 34.9 Å². The molecule has 0 atom stereocenters. The van der Waals surface area contributed by atoms with Crippen molar-refractivity contribution in [3.05, 3.63) is 57.6 Å². The number of rotatable bonds is 4. The Hall–Kier alpha value is -3.88. The summed E-state index contributed by atoms with van der Waals surface area (Å²) in [4.78, 5) is 29.6. The number of hydrazone groups is 1. The third-order valence-corrected chi connectivity index (χ3v) is 5.14. The summed E-state index contributed by atoms with van der Waals surface area (Å²) >= 11 is 0. The molecule has 9 heteroatoms. The van der Waals surface area contributed by atoms with Crippen molar-refractivity contribution in [1.29, 1.82) is 0 Å². The van der Waals surface area contributed by atoms with Gasteiger partial charge in [0.2, 0.25) is 12.5 Å². The largest absolute Gasteiger partial charge is 0.493 e. The van der Waals surface area contributed by atoms with Crippen LogP contribution in [0.5, 0.6) is 17.2 Å². The van der Waals surface area contributed by atoms with Crippen LogP contribution in [0.1, 0.15) is 28.2 Å². The van der Waals surface area contributed by atoms with Crippen LogP contribution in [0.15, 0.2) is 40.2 Å². The second-order valence-corrected chi connectivity index (χ2v) is 6.98. The van der Waals surface area contributed by atoms with Gasteiger partial charge in [-0.05, 0) is 36.8 Å². The van der Waals surface area contributed by atoms with Gasteiger partial charge in [-0.2, -0.15) is 5.10 Å². The normalized spacial score (nSPS) is 14.3. The maximum Gasteiger partial charge on any atom is 0.271 e. The molecule has 1 aromatic heterocycles. The molecule has 1 amide bonds. The van der Waals surface area contributed by atoms with Gasteiger partial charge in [0.1, 0.15) is 5.82 Å². The minimum absolute atomic E-state index is 0.0609. The highest BCUT2D eigenvalue weighted by Gasteiger charge is 2.20. The highest BCUT2D eigenvalue weighted by molar-refractivity contribution is 5.98. The first-order valence-electron chi connectivity index (χ1n) is 9.48. The van der Waals surface area contributed by atoms with Crippen molar-refractivity contribution < 1.29 is 19.0 Å². The lowest BCUT2D eigenvalue weighted by atomic mass is 10.1. The minimum Gasteiger partial charge on any atom is -0.493 e. The fourth-order valence-corrected chi connectivity index (χ4v) is 3.68. The minimum atomic E-state index is -0.400. The molecule has 9 nitrogen and oxygen atoms in total. The molecule has 2 aliphatic rings. The van der Waals surface area contributed by atoms with Crippen molar-refractivity contribution in [2.24, 2.45) is 5.10 Å². The monoisotopic (exact) mass is 406 g/mol. The average molecular weight is 406 g/mol. The van der Waals surface area contributed by atoms with Crippen molar-refractivity contribution in [1.82, 2.24) is 15.0 Å². The van der Waals surface area contributed by atoms with E-state index >= 15 is 0 Å². The third kappa shape index (κ3) is 3.04. The van der Waals surface area contributed by atoms with E-state index in [0.29, 0.717) is 45.8 Å². The van der Waals surface area contributed by atoms with Gasteiger partial charge in [0.05, 0.1) is 24.2 Å². The lowest BCUT2D eigenvalue weighted by Crippen LogP contribution is -2.22. The van der Waals surface area contributed by atoms with Crippen LogP contribution in [0, 0.1) is 0 Å². The standard InChI is InChI=1S/C21H18N4O5/c1-28-16-7-12(8-17-19(16)30-11-29-17)10-22-24-20(26)13-4-5-14-15(9-13)23-18-3-2-6-25(18)21(14)27/h4-5,7-10H,2-3,6,11H2,1H3,(H,24,26)/b22-10-. The van der Waals surface area contributed by atoms with E-state index in [1.165, 1.54) is 13.3 Å². The van der Waals surface area contributed by atoms with E-state index in [-0.39, 0.29) is 12.4 Å².